The number of carbonyl (C=O) groups is 1. The van der Waals surface area contributed by atoms with Crippen molar-refractivity contribution in [1.29, 1.82) is 0 Å². The van der Waals surface area contributed by atoms with E-state index >= 15 is 0 Å². The maximum absolute atomic E-state index is 12.3. The molecule has 0 unspecified atom stereocenters. The number of anilines is 1. The van der Waals surface area contributed by atoms with Crippen molar-refractivity contribution >= 4 is 11.9 Å². The van der Waals surface area contributed by atoms with Crippen LogP contribution in [-0.2, 0) is 0 Å². The monoisotopic (exact) mass is 330 g/mol. The number of hydrogen-bond acceptors (Lipinski definition) is 6. The van der Waals surface area contributed by atoms with Gasteiger partial charge >= 0.3 is 0 Å². The van der Waals surface area contributed by atoms with Gasteiger partial charge in [0.2, 0.25) is 5.95 Å². The Kier molecular flexibility index (Phi) is 5.95. The number of benzene rings is 1. The second-order valence-electron chi connectivity index (χ2n) is 5.08. The molecule has 1 amide bonds. The van der Waals surface area contributed by atoms with Gasteiger partial charge in [0.15, 0.2) is 11.5 Å². The summed E-state index contributed by atoms with van der Waals surface area (Å²) in [7, 11) is 0. The van der Waals surface area contributed by atoms with Crippen LogP contribution in [0.15, 0.2) is 24.3 Å². The molecule has 1 aromatic carbocycles. The average Bonchev–Trinajstić information content (AvgIpc) is 2.54. The third-order valence-electron chi connectivity index (χ3n) is 3.08. The van der Waals surface area contributed by atoms with Crippen LogP contribution in [-0.4, -0.2) is 29.1 Å². The van der Waals surface area contributed by atoms with Gasteiger partial charge in [0.25, 0.3) is 5.91 Å². The van der Waals surface area contributed by atoms with Crippen molar-refractivity contribution in [3.63, 3.8) is 0 Å². The number of aryl methyl sites for hydroxylation is 2. The van der Waals surface area contributed by atoms with E-state index in [-0.39, 0.29) is 5.91 Å². The van der Waals surface area contributed by atoms with E-state index in [9.17, 15) is 4.79 Å². The summed E-state index contributed by atoms with van der Waals surface area (Å²) < 4.78 is 11.0. The van der Waals surface area contributed by atoms with Crippen LogP contribution in [0.2, 0.25) is 0 Å². The van der Waals surface area contributed by atoms with Crippen LogP contribution in [0.4, 0.5) is 5.95 Å². The molecule has 0 bridgehead atoms. The lowest BCUT2D eigenvalue weighted by molar-refractivity contribution is 0.0961. The number of aromatic nitrogens is 2. The Labute approximate surface area is 141 Å². The third kappa shape index (κ3) is 4.58. The Hall–Kier alpha value is -2.83. The molecule has 0 radical (unpaired) electrons. The zero-order chi connectivity index (χ0) is 17.5. The molecular weight excluding hydrogens is 308 g/mol. The summed E-state index contributed by atoms with van der Waals surface area (Å²) in [5, 5.41) is 0. The van der Waals surface area contributed by atoms with Crippen LogP contribution in [0.3, 0.4) is 0 Å². The predicted molar refractivity (Wildman–Crippen MR) is 91.4 cm³/mol. The highest BCUT2D eigenvalue weighted by Crippen LogP contribution is 2.28. The summed E-state index contributed by atoms with van der Waals surface area (Å²) in [6, 6.07) is 6.89. The summed E-state index contributed by atoms with van der Waals surface area (Å²) in [6.07, 6.45) is 0. The lowest BCUT2D eigenvalue weighted by atomic mass is 10.2. The molecule has 0 fully saturated rings. The Morgan fingerprint density at radius 1 is 1.00 bits per heavy atom. The lowest BCUT2D eigenvalue weighted by Crippen LogP contribution is -2.30. The van der Waals surface area contributed by atoms with Gasteiger partial charge in [-0.25, -0.2) is 9.97 Å². The first-order valence-corrected chi connectivity index (χ1v) is 7.81. The predicted octanol–water partition coefficient (Wildman–Crippen LogP) is 2.65. The van der Waals surface area contributed by atoms with Crippen LogP contribution in [0, 0.1) is 13.8 Å². The Bertz CT molecular complexity index is 699. The first kappa shape index (κ1) is 17.5. The van der Waals surface area contributed by atoms with Crippen molar-refractivity contribution in [1.82, 2.24) is 15.4 Å². The number of nitrogens with zero attached hydrogens (tertiary/aromatic N) is 2. The van der Waals surface area contributed by atoms with Crippen LogP contribution in [0.25, 0.3) is 0 Å². The Morgan fingerprint density at radius 3 is 2.25 bits per heavy atom. The number of hydrazine groups is 1. The number of nitrogens with one attached hydrogen (secondary N) is 2. The summed E-state index contributed by atoms with van der Waals surface area (Å²) >= 11 is 0. The molecule has 0 aliphatic carbocycles. The quantitative estimate of drug-likeness (QED) is 0.759. The first-order valence-electron chi connectivity index (χ1n) is 7.81. The van der Waals surface area contributed by atoms with Gasteiger partial charge in [-0.2, -0.15) is 0 Å². The molecule has 1 heterocycles. The molecule has 0 saturated carbocycles. The van der Waals surface area contributed by atoms with Gasteiger partial charge < -0.3 is 9.47 Å². The lowest BCUT2D eigenvalue weighted by Gasteiger charge is -2.13. The van der Waals surface area contributed by atoms with Crippen LogP contribution < -0.4 is 20.3 Å². The van der Waals surface area contributed by atoms with Crippen molar-refractivity contribution in [2.45, 2.75) is 27.7 Å². The topological polar surface area (TPSA) is 85.4 Å². The largest absolute Gasteiger partial charge is 0.490 e. The molecule has 2 aromatic rings. The molecule has 0 saturated heterocycles. The first-order chi connectivity index (χ1) is 11.5. The van der Waals surface area contributed by atoms with Crippen molar-refractivity contribution in [2.24, 2.45) is 0 Å². The zero-order valence-electron chi connectivity index (χ0n) is 14.3. The van der Waals surface area contributed by atoms with Gasteiger partial charge in [0, 0.05) is 17.0 Å². The van der Waals surface area contributed by atoms with E-state index in [2.05, 4.69) is 20.8 Å². The number of ether oxygens (including phenoxy) is 2. The molecule has 128 valence electrons. The molecular formula is C17H22N4O3. The van der Waals surface area contributed by atoms with Gasteiger partial charge in [0.05, 0.1) is 13.2 Å². The average molecular weight is 330 g/mol. The number of carbonyl (C=O) groups excluding carboxylic acids is 1. The Balaban J connectivity index is 2.09. The molecule has 2 rings (SSSR count). The minimum absolute atomic E-state index is 0.318. The van der Waals surface area contributed by atoms with E-state index in [0.717, 1.165) is 11.4 Å². The molecule has 7 heteroatoms. The second kappa shape index (κ2) is 8.14. The maximum Gasteiger partial charge on any atom is 0.269 e. The van der Waals surface area contributed by atoms with Crippen LogP contribution in [0.1, 0.15) is 35.6 Å². The Morgan fingerprint density at radius 2 is 1.62 bits per heavy atom. The fraction of sp³-hybridized carbons (Fsp3) is 0.353. The van der Waals surface area contributed by atoms with Gasteiger partial charge in [-0.15, -0.1) is 0 Å². The zero-order valence-corrected chi connectivity index (χ0v) is 14.3. The van der Waals surface area contributed by atoms with Crippen LogP contribution in [0.5, 0.6) is 11.5 Å². The smallest absolute Gasteiger partial charge is 0.269 e. The van der Waals surface area contributed by atoms with E-state index in [1.54, 1.807) is 18.2 Å². The molecule has 7 nitrogen and oxygen atoms in total. The molecule has 0 aliphatic rings. The summed E-state index contributed by atoms with van der Waals surface area (Å²) in [5.41, 5.74) is 7.38. The molecule has 2 N–H and O–H groups in total. The fourth-order valence-electron chi connectivity index (χ4n) is 2.16. The molecule has 0 aliphatic heterocycles. The fourth-order valence-corrected chi connectivity index (χ4v) is 2.16. The minimum atomic E-state index is -0.318. The van der Waals surface area contributed by atoms with Crippen molar-refractivity contribution in [3.8, 4) is 11.5 Å². The van der Waals surface area contributed by atoms with E-state index < -0.39 is 0 Å². The van der Waals surface area contributed by atoms with Crippen molar-refractivity contribution < 1.29 is 14.3 Å². The minimum Gasteiger partial charge on any atom is -0.490 e. The number of rotatable bonds is 7. The highest BCUT2D eigenvalue weighted by Gasteiger charge is 2.12. The van der Waals surface area contributed by atoms with Gasteiger partial charge in [0.1, 0.15) is 0 Å². The summed E-state index contributed by atoms with van der Waals surface area (Å²) in [5.74, 6) is 1.18. The van der Waals surface area contributed by atoms with Gasteiger partial charge in [-0.05, 0) is 52.0 Å². The summed E-state index contributed by atoms with van der Waals surface area (Å²) in [4.78, 5) is 20.7. The van der Waals surface area contributed by atoms with E-state index in [1.165, 1.54) is 0 Å². The SMILES string of the molecule is CCOc1ccc(C(=O)NNc2nc(C)cc(C)n2)cc1OCC. The van der Waals surface area contributed by atoms with Crippen LogP contribution >= 0.6 is 0 Å². The third-order valence-corrected chi connectivity index (χ3v) is 3.08. The van der Waals surface area contributed by atoms with Crippen molar-refractivity contribution in [2.75, 3.05) is 18.6 Å². The highest BCUT2D eigenvalue weighted by atomic mass is 16.5. The second-order valence-corrected chi connectivity index (χ2v) is 5.08. The number of hydrogen-bond donors (Lipinski definition) is 2. The number of amides is 1. The summed E-state index contributed by atoms with van der Waals surface area (Å²) in [6.45, 7) is 8.51. The normalized spacial score (nSPS) is 10.2. The van der Waals surface area contributed by atoms with Gasteiger partial charge in [-0.3, -0.25) is 15.6 Å². The molecule has 0 spiro atoms. The standard InChI is InChI=1S/C17H22N4O3/c1-5-23-14-8-7-13(10-15(14)24-6-2)16(22)20-21-17-18-11(3)9-12(4)19-17/h7-10H,5-6H2,1-4H3,(H,20,22)(H,18,19,21). The van der Waals surface area contributed by atoms with E-state index in [0.29, 0.717) is 36.2 Å². The maximum atomic E-state index is 12.3. The molecule has 1 aromatic heterocycles. The molecule has 0 atom stereocenters. The molecule has 24 heavy (non-hydrogen) atoms. The van der Waals surface area contributed by atoms with E-state index in [1.807, 2.05) is 33.8 Å². The highest BCUT2D eigenvalue weighted by molar-refractivity contribution is 5.95. The van der Waals surface area contributed by atoms with E-state index in [4.69, 9.17) is 9.47 Å². The van der Waals surface area contributed by atoms with Gasteiger partial charge in [-0.1, -0.05) is 0 Å². The van der Waals surface area contributed by atoms with Crippen molar-refractivity contribution in [3.05, 3.63) is 41.2 Å².